The Morgan fingerprint density at radius 1 is 1.40 bits per heavy atom. The number of nitrogens with zero attached hydrogens (tertiary/aromatic N) is 2. The molecule has 1 aromatic carbocycles. The van der Waals surface area contributed by atoms with Crippen molar-refractivity contribution in [2.45, 2.75) is 32.7 Å². The highest BCUT2D eigenvalue weighted by Crippen LogP contribution is 2.28. The lowest BCUT2D eigenvalue weighted by molar-refractivity contribution is -0.384. The molecular formula is C15H23N3O2. The number of nitro groups is 1. The number of anilines is 1. The Morgan fingerprint density at radius 3 is 2.65 bits per heavy atom. The van der Waals surface area contributed by atoms with Gasteiger partial charge < -0.3 is 10.2 Å². The first kappa shape index (κ1) is 14.8. The standard InChI is InChI=1S/C15H23N3O2/c1-3-17-10-8-13(9-11-17)12(2)16-14-6-4-5-7-15(14)18(19)20/h4-7,12-13,16H,3,8-11H2,1-2H3. The lowest BCUT2D eigenvalue weighted by Crippen LogP contribution is -2.39. The van der Waals surface area contributed by atoms with E-state index in [1.807, 2.05) is 6.07 Å². The number of para-hydroxylation sites is 2. The molecule has 1 aliphatic rings. The molecule has 1 atom stereocenters. The van der Waals surface area contributed by atoms with Gasteiger partial charge in [0.05, 0.1) is 4.92 Å². The zero-order valence-electron chi connectivity index (χ0n) is 12.2. The maximum atomic E-state index is 11.0. The Bertz CT molecular complexity index is 456. The van der Waals surface area contributed by atoms with Gasteiger partial charge in [-0.2, -0.15) is 0 Å². The van der Waals surface area contributed by atoms with Crippen LogP contribution in [0.1, 0.15) is 26.7 Å². The Labute approximate surface area is 120 Å². The largest absolute Gasteiger partial charge is 0.377 e. The fourth-order valence-electron chi connectivity index (χ4n) is 2.89. The minimum absolute atomic E-state index is 0.158. The molecule has 0 saturated carbocycles. The Hall–Kier alpha value is -1.62. The summed E-state index contributed by atoms with van der Waals surface area (Å²) in [6.45, 7) is 7.69. The summed E-state index contributed by atoms with van der Waals surface area (Å²) in [5.41, 5.74) is 0.785. The van der Waals surface area contributed by atoms with Crippen molar-refractivity contribution in [3.63, 3.8) is 0 Å². The summed E-state index contributed by atoms with van der Waals surface area (Å²) in [6.07, 6.45) is 2.31. The number of piperidine rings is 1. The summed E-state index contributed by atoms with van der Waals surface area (Å²) in [5, 5.41) is 14.4. The number of nitro benzene ring substituents is 1. The third kappa shape index (κ3) is 3.48. The smallest absolute Gasteiger partial charge is 0.292 e. The van der Waals surface area contributed by atoms with Gasteiger partial charge >= 0.3 is 0 Å². The minimum Gasteiger partial charge on any atom is -0.377 e. The molecule has 20 heavy (non-hydrogen) atoms. The zero-order chi connectivity index (χ0) is 14.5. The summed E-state index contributed by atoms with van der Waals surface area (Å²) in [7, 11) is 0. The summed E-state index contributed by atoms with van der Waals surface area (Å²) < 4.78 is 0. The fraction of sp³-hybridized carbons (Fsp3) is 0.600. The molecular weight excluding hydrogens is 254 g/mol. The maximum absolute atomic E-state index is 11.0. The lowest BCUT2D eigenvalue weighted by Gasteiger charge is -2.34. The summed E-state index contributed by atoms with van der Waals surface area (Å²) in [6, 6.07) is 7.13. The van der Waals surface area contributed by atoms with E-state index in [1.165, 1.54) is 0 Å². The molecule has 1 N–H and O–H groups in total. The first-order valence-electron chi connectivity index (χ1n) is 7.34. The molecule has 110 valence electrons. The van der Waals surface area contributed by atoms with Gasteiger partial charge in [0.25, 0.3) is 5.69 Å². The molecule has 0 aromatic heterocycles. The van der Waals surface area contributed by atoms with Gasteiger partial charge in [0.15, 0.2) is 0 Å². The van der Waals surface area contributed by atoms with Gasteiger partial charge in [-0.05, 0) is 51.4 Å². The van der Waals surface area contributed by atoms with Crippen LogP contribution in [-0.2, 0) is 0 Å². The van der Waals surface area contributed by atoms with Crippen molar-refractivity contribution in [2.75, 3.05) is 25.0 Å². The van der Waals surface area contributed by atoms with Crippen LogP contribution in [0.5, 0.6) is 0 Å². The van der Waals surface area contributed by atoms with Crippen LogP contribution in [0.2, 0.25) is 0 Å². The lowest BCUT2D eigenvalue weighted by atomic mass is 9.90. The first-order valence-corrected chi connectivity index (χ1v) is 7.34. The van der Waals surface area contributed by atoms with Crippen LogP contribution < -0.4 is 5.32 Å². The van der Waals surface area contributed by atoms with E-state index in [1.54, 1.807) is 18.2 Å². The second-order valence-electron chi connectivity index (χ2n) is 5.48. The Balaban J connectivity index is 1.98. The highest BCUT2D eigenvalue weighted by Gasteiger charge is 2.24. The van der Waals surface area contributed by atoms with Gasteiger partial charge in [-0.3, -0.25) is 10.1 Å². The van der Waals surface area contributed by atoms with Crippen LogP contribution in [0, 0.1) is 16.0 Å². The topological polar surface area (TPSA) is 58.4 Å². The molecule has 2 rings (SSSR count). The summed E-state index contributed by atoms with van der Waals surface area (Å²) in [4.78, 5) is 13.1. The van der Waals surface area contributed by atoms with Crippen LogP contribution in [0.15, 0.2) is 24.3 Å². The van der Waals surface area contributed by atoms with Crippen molar-refractivity contribution in [3.05, 3.63) is 34.4 Å². The molecule has 5 heteroatoms. The van der Waals surface area contributed by atoms with E-state index in [9.17, 15) is 10.1 Å². The molecule has 1 unspecified atom stereocenters. The molecule has 0 amide bonds. The quantitative estimate of drug-likeness (QED) is 0.663. The molecule has 0 radical (unpaired) electrons. The van der Waals surface area contributed by atoms with E-state index in [4.69, 9.17) is 0 Å². The van der Waals surface area contributed by atoms with E-state index in [0.717, 1.165) is 32.5 Å². The highest BCUT2D eigenvalue weighted by atomic mass is 16.6. The predicted octanol–water partition coefficient (Wildman–Crippen LogP) is 3.13. The monoisotopic (exact) mass is 277 g/mol. The minimum atomic E-state index is -0.325. The molecule has 1 fully saturated rings. The number of likely N-dealkylation sites (tertiary alicyclic amines) is 1. The van der Waals surface area contributed by atoms with Crippen LogP contribution >= 0.6 is 0 Å². The molecule has 5 nitrogen and oxygen atoms in total. The van der Waals surface area contributed by atoms with E-state index in [0.29, 0.717) is 11.6 Å². The Morgan fingerprint density at radius 2 is 2.05 bits per heavy atom. The zero-order valence-corrected chi connectivity index (χ0v) is 12.2. The number of benzene rings is 1. The average molecular weight is 277 g/mol. The van der Waals surface area contributed by atoms with Gasteiger partial charge in [0, 0.05) is 12.1 Å². The van der Waals surface area contributed by atoms with Crippen molar-refractivity contribution < 1.29 is 4.92 Å². The van der Waals surface area contributed by atoms with Gasteiger partial charge in [0.2, 0.25) is 0 Å². The van der Waals surface area contributed by atoms with E-state index in [2.05, 4.69) is 24.1 Å². The summed E-state index contributed by atoms with van der Waals surface area (Å²) >= 11 is 0. The van der Waals surface area contributed by atoms with E-state index >= 15 is 0 Å². The molecule has 1 aromatic rings. The van der Waals surface area contributed by atoms with Crippen molar-refractivity contribution >= 4 is 11.4 Å². The molecule has 0 spiro atoms. The highest BCUT2D eigenvalue weighted by molar-refractivity contribution is 5.61. The average Bonchev–Trinajstić information content (AvgIpc) is 2.47. The van der Waals surface area contributed by atoms with Crippen LogP contribution in [0.3, 0.4) is 0 Å². The number of hydrogen-bond donors (Lipinski definition) is 1. The van der Waals surface area contributed by atoms with Crippen molar-refractivity contribution in [2.24, 2.45) is 5.92 Å². The van der Waals surface area contributed by atoms with Crippen LogP contribution in [0.4, 0.5) is 11.4 Å². The van der Waals surface area contributed by atoms with E-state index in [-0.39, 0.29) is 16.7 Å². The van der Waals surface area contributed by atoms with Crippen molar-refractivity contribution in [3.8, 4) is 0 Å². The van der Waals surface area contributed by atoms with Gasteiger partial charge in [-0.25, -0.2) is 0 Å². The summed E-state index contributed by atoms with van der Waals surface area (Å²) in [5.74, 6) is 0.581. The SMILES string of the molecule is CCN1CCC(C(C)Nc2ccccc2[N+](=O)[O-])CC1. The van der Waals surface area contributed by atoms with Gasteiger partial charge in [-0.1, -0.05) is 19.1 Å². The van der Waals surface area contributed by atoms with Gasteiger partial charge in [0.1, 0.15) is 5.69 Å². The number of nitrogens with one attached hydrogen (secondary N) is 1. The second-order valence-corrected chi connectivity index (χ2v) is 5.48. The molecule has 1 heterocycles. The normalized spacial score (nSPS) is 18.7. The van der Waals surface area contributed by atoms with Crippen LogP contribution in [-0.4, -0.2) is 35.5 Å². The predicted molar refractivity (Wildman–Crippen MR) is 81.0 cm³/mol. The number of rotatable bonds is 5. The van der Waals surface area contributed by atoms with Crippen molar-refractivity contribution in [1.82, 2.24) is 4.90 Å². The Kier molecular flexibility index (Phi) is 4.95. The first-order chi connectivity index (χ1) is 9.61. The third-order valence-electron chi connectivity index (χ3n) is 4.27. The van der Waals surface area contributed by atoms with Gasteiger partial charge in [-0.15, -0.1) is 0 Å². The fourth-order valence-corrected chi connectivity index (χ4v) is 2.89. The second kappa shape index (κ2) is 6.70. The van der Waals surface area contributed by atoms with Crippen molar-refractivity contribution in [1.29, 1.82) is 0 Å². The molecule has 0 aliphatic carbocycles. The molecule has 0 bridgehead atoms. The third-order valence-corrected chi connectivity index (χ3v) is 4.27. The molecule has 1 aliphatic heterocycles. The number of hydrogen-bond acceptors (Lipinski definition) is 4. The van der Waals surface area contributed by atoms with Crippen LogP contribution in [0.25, 0.3) is 0 Å². The molecule has 1 saturated heterocycles. The maximum Gasteiger partial charge on any atom is 0.292 e. The van der Waals surface area contributed by atoms with E-state index < -0.39 is 0 Å².